The summed E-state index contributed by atoms with van der Waals surface area (Å²) in [6.45, 7) is 2.98. The van der Waals surface area contributed by atoms with Gasteiger partial charge in [0.15, 0.2) is 0 Å². The molecule has 1 atom stereocenters. The number of carbonyl (C=O) groups excluding carboxylic acids is 1. The highest BCUT2D eigenvalue weighted by Gasteiger charge is 2.26. The van der Waals surface area contributed by atoms with Crippen molar-refractivity contribution in [2.45, 2.75) is 45.1 Å². The van der Waals surface area contributed by atoms with Crippen LogP contribution < -0.4 is 5.32 Å². The topological polar surface area (TPSA) is 58.1 Å². The van der Waals surface area contributed by atoms with Crippen molar-refractivity contribution in [3.05, 3.63) is 18.1 Å². The number of anilines is 1. The minimum Gasteiger partial charge on any atom is -0.372 e. The van der Waals surface area contributed by atoms with Crippen LogP contribution in [0.25, 0.3) is 0 Å². The fraction of sp³-hybridized carbons (Fsp3) is 0.643. The number of hydrogen-bond donors (Lipinski definition) is 1. The number of nitrogens with zero attached hydrogens (tertiary/aromatic N) is 3. The summed E-state index contributed by atoms with van der Waals surface area (Å²) in [5, 5.41) is 2.92. The second kappa shape index (κ2) is 6.50. The quantitative estimate of drug-likeness (QED) is 0.908. The highest BCUT2D eigenvalue weighted by Crippen LogP contribution is 2.21. The molecule has 5 nitrogen and oxygen atoms in total. The van der Waals surface area contributed by atoms with Crippen molar-refractivity contribution in [3.8, 4) is 0 Å². The van der Waals surface area contributed by atoms with Crippen molar-refractivity contribution >= 4 is 11.7 Å². The van der Waals surface area contributed by atoms with Gasteiger partial charge in [-0.3, -0.25) is 9.78 Å². The maximum atomic E-state index is 12.6. The Hall–Kier alpha value is -1.65. The molecule has 1 saturated heterocycles. The average molecular weight is 262 g/mol. The van der Waals surface area contributed by atoms with Crippen LogP contribution in [0.5, 0.6) is 0 Å². The van der Waals surface area contributed by atoms with Gasteiger partial charge in [-0.25, -0.2) is 4.98 Å². The molecule has 19 heavy (non-hydrogen) atoms. The molecule has 1 aromatic heterocycles. The van der Waals surface area contributed by atoms with Crippen LogP contribution in [0.1, 0.15) is 49.5 Å². The zero-order valence-electron chi connectivity index (χ0n) is 11.7. The van der Waals surface area contributed by atoms with E-state index in [0.717, 1.165) is 25.8 Å². The van der Waals surface area contributed by atoms with Crippen LogP contribution in [-0.2, 0) is 0 Å². The monoisotopic (exact) mass is 262 g/mol. The molecule has 1 fully saturated rings. The number of amides is 1. The van der Waals surface area contributed by atoms with E-state index in [-0.39, 0.29) is 5.91 Å². The Morgan fingerprint density at radius 1 is 1.42 bits per heavy atom. The molecule has 1 amide bonds. The van der Waals surface area contributed by atoms with Gasteiger partial charge in [0, 0.05) is 19.6 Å². The summed E-state index contributed by atoms with van der Waals surface area (Å²) >= 11 is 0. The Kier molecular flexibility index (Phi) is 4.71. The first-order chi connectivity index (χ1) is 9.26. The summed E-state index contributed by atoms with van der Waals surface area (Å²) in [6, 6.07) is 0.343. The molecule has 5 heteroatoms. The van der Waals surface area contributed by atoms with E-state index in [2.05, 4.69) is 22.2 Å². The standard InChI is InChI=1S/C14H22N4O/c1-3-11-7-5-4-6-8-18(11)14(19)12-9-16-10-13(15-2)17-12/h9-11H,3-8H2,1-2H3,(H,15,17). The Morgan fingerprint density at radius 2 is 2.26 bits per heavy atom. The average Bonchev–Trinajstić information content (AvgIpc) is 2.71. The molecule has 0 radical (unpaired) electrons. The van der Waals surface area contributed by atoms with E-state index in [1.54, 1.807) is 19.4 Å². The molecule has 0 aliphatic carbocycles. The smallest absolute Gasteiger partial charge is 0.274 e. The molecule has 0 aromatic carbocycles. The Balaban J connectivity index is 2.20. The van der Waals surface area contributed by atoms with Crippen LogP contribution >= 0.6 is 0 Å². The molecule has 0 saturated carbocycles. The number of aromatic nitrogens is 2. The van der Waals surface area contributed by atoms with Crippen LogP contribution in [0.4, 0.5) is 5.82 Å². The maximum absolute atomic E-state index is 12.6. The molecule has 2 heterocycles. The molecule has 1 N–H and O–H groups in total. The number of carbonyl (C=O) groups is 1. The molecule has 1 aliphatic heterocycles. The molecule has 104 valence electrons. The summed E-state index contributed by atoms with van der Waals surface area (Å²) in [5.74, 6) is 0.645. The van der Waals surface area contributed by atoms with E-state index in [9.17, 15) is 4.79 Å². The number of hydrogen-bond acceptors (Lipinski definition) is 4. The molecule has 2 rings (SSSR count). The van der Waals surface area contributed by atoms with Gasteiger partial charge >= 0.3 is 0 Å². The maximum Gasteiger partial charge on any atom is 0.274 e. The largest absolute Gasteiger partial charge is 0.372 e. The van der Waals surface area contributed by atoms with Crippen LogP contribution in [0.3, 0.4) is 0 Å². The van der Waals surface area contributed by atoms with Gasteiger partial charge in [-0.2, -0.15) is 0 Å². The lowest BCUT2D eigenvalue weighted by atomic mass is 10.1. The van der Waals surface area contributed by atoms with E-state index in [1.807, 2.05) is 4.90 Å². The number of likely N-dealkylation sites (tertiary alicyclic amines) is 1. The molecular weight excluding hydrogens is 240 g/mol. The third-order valence-corrected chi connectivity index (χ3v) is 3.72. The van der Waals surface area contributed by atoms with Gasteiger partial charge in [-0.05, 0) is 19.3 Å². The van der Waals surface area contributed by atoms with Crippen molar-refractivity contribution < 1.29 is 4.79 Å². The Morgan fingerprint density at radius 3 is 3.00 bits per heavy atom. The van der Waals surface area contributed by atoms with Gasteiger partial charge < -0.3 is 10.2 Å². The van der Waals surface area contributed by atoms with Crippen LogP contribution in [0, 0.1) is 0 Å². The molecular formula is C14H22N4O. The van der Waals surface area contributed by atoms with E-state index < -0.39 is 0 Å². The van der Waals surface area contributed by atoms with E-state index in [1.165, 1.54) is 12.8 Å². The Bertz CT molecular complexity index is 435. The second-order valence-electron chi connectivity index (χ2n) is 4.95. The van der Waals surface area contributed by atoms with Crippen LogP contribution in [-0.4, -0.2) is 40.4 Å². The summed E-state index contributed by atoms with van der Waals surface area (Å²) in [7, 11) is 1.78. The third-order valence-electron chi connectivity index (χ3n) is 3.72. The first-order valence-corrected chi connectivity index (χ1v) is 7.07. The summed E-state index contributed by atoms with van der Waals surface area (Å²) < 4.78 is 0. The second-order valence-corrected chi connectivity index (χ2v) is 4.95. The molecule has 0 bridgehead atoms. The van der Waals surface area contributed by atoms with Gasteiger partial charge in [0.05, 0.1) is 12.4 Å². The molecule has 1 aromatic rings. The lowest BCUT2D eigenvalue weighted by molar-refractivity contribution is 0.0672. The van der Waals surface area contributed by atoms with Crippen LogP contribution in [0.2, 0.25) is 0 Å². The van der Waals surface area contributed by atoms with Crippen molar-refractivity contribution in [2.75, 3.05) is 18.9 Å². The first kappa shape index (κ1) is 13.8. The number of nitrogens with one attached hydrogen (secondary N) is 1. The third kappa shape index (κ3) is 3.22. The van der Waals surface area contributed by atoms with Crippen LogP contribution in [0.15, 0.2) is 12.4 Å². The van der Waals surface area contributed by atoms with E-state index >= 15 is 0 Å². The predicted octanol–water partition coefficient (Wildman–Crippen LogP) is 2.31. The fourth-order valence-corrected chi connectivity index (χ4v) is 2.61. The lowest BCUT2D eigenvalue weighted by Gasteiger charge is -2.28. The highest BCUT2D eigenvalue weighted by molar-refractivity contribution is 5.92. The SMILES string of the molecule is CCC1CCCCCN1C(=O)c1cncc(NC)n1. The summed E-state index contributed by atoms with van der Waals surface area (Å²) in [4.78, 5) is 22.9. The normalized spacial score (nSPS) is 19.9. The zero-order chi connectivity index (χ0) is 13.7. The summed E-state index contributed by atoms with van der Waals surface area (Å²) in [6.07, 6.45) is 8.79. The number of rotatable bonds is 3. The van der Waals surface area contributed by atoms with Gasteiger partial charge in [0.1, 0.15) is 11.5 Å². The highest BCUT2D eigenvalue weighted by atomic mass is 16.2. The molecule has 1 aliphatic rings. The van der Waals surface area contributed by atoms with Crippen molar-refractivity contribution in [3.63, 3.8) is 0 Å². The fourth-order valence-electron chi connectivity index (χ4n) is 2.61. The minimum atomic E-state index is 0.0124. The van der Waals surface area contributed by atoms with Gasteiger partial charge in [-0.15, -0.1) is 0 Å². The first-order valence-electron chi connectivity index (χ1n) is 7.07. The van der Waals surface area contributed by atoms with Crippen molar-refractivity contribution in [1.29, 1.82) is 0 Å². The molecule has 1 unspecified atom stereocenters. The zero-order valence-corrected chi connectivity index (χ0v) is 11.7. The van der Waals surface area contributed by atoms with E-state index in [0.29, 0.717) is 17.6 Å². The minimum absolute atomic E-state index is 0.0124. The lowest BCUT2D eigenvalue weighted by Crippen LogP contribution is -2.40. The van der Waals surface area contributed by atoms with Gasteiger partial charge in [-0.1, -0.05) is 19.8 Å². The van der Waals surface area contributed by atoms with E-state index in [4.69, 9.17) is 0 Å². The van der Waals surface area contributed by atoms with Crippen molar-refractivity contribution in [1.82, 2.24) is 14.9 Å². The summed E-state index contributed by atoms with van der Waals surface area (Å²) in [5.41, 5.74) is 0.437. The van der Waals surface area contributed by atoms with Gasteiger partial charge in [0.2, 0.25) is 0 Å². The molecule has 0 spiro atoms. The predicted molar refractivity (Wildman–Crippen MR) is 75.2 cm³/mol. The Labute approximate surface area is 114 Å². The van der Waals surface area contributed by atoms with Gasteiger partial charge in [0.25, 0.3) is 5.91 Å². The van der Waals surface area contributed by atoms with Crippen molar-refractivity contribution in [2.24, 2.45) is 0 Å².